The number of hydrogen-bond acceptors (Lipinski definition) is 4. The highest BCUT2D eigenvalue weighted by atomic mass is 16.6. The number of alkyl carbamates (subject to hydrolysis) is 1. The number of aromatic amines is 1. The van der Waals surface area contributed by atoms with Gasteiger partial charge in [0, 0.05) is 36.8 Å². The summed E-state index contributed by atoms with van der Waals surface area (Å²) in [5.74, 6) is 0.0646. The molecule has 2 aliphatic rings. The molecule has 7 heteroatoms. The summed E-state index contributed by atoms with van der Waals surface area (Å²) >= 11 is 0. The van der Waals surface area contributed by atoms with Crippen molar-refractivity contribution in [3.8, 4) is 0 Å². The maximum absolute atomic E-state index is 12.9. The van der Waals surface area contributed by atoms with Crippen molar-refractivity contribution in [2.24, 2.45) is 0 Å². The molecule has 148 valence electrons. The SMILES string of the molecule is Cc1c(C(=O)N2CCC(NC(=O)OC(C)(C)C)CC2)[nH]c2c1C(=O)CCC2. The van der Waals surface area contributed by atoms with E-state index in [1.165, 1.54) is 0 Å². The second-order valence-corrected chi connectivity index (χ2v) is 8.47. The summed E-state index contributed by atoms with van der Waals surface area (Å²) in [4.78, 5) is 42.0. The Hall–Kier alpha value is -2.31. The van der Waals surface area contributed by atoms with Crippen LogP contribution in [0.25, 0.3) is 0 Å². The number of ketones is 1. The largest absolute Gasteiger partial charge is 0.444 e. The van der Waals surface area contributed by atoms with Crippen LogP contribution < -0.4 is 5.32 Å². The smallest absolute Gasteiger partial charge is 0.407 e. The van der Waals surface area contributed by atoms with Gasteiger partial charge < -0.3 is 19.9 Å². The number of carbonyl (C=O) groups is 3. The molecular weight excluding hydrogens is 346 g/mol. The average molecular weight is 375 g/mol. The number of ether oxygens (including phenoxy) is 1. The highest BCUT2D eigenvalue weighted by Crippen LogP contribution is 2.27. The Labute approximate surface area is 159 Å². The molecule has 1 aromatic heterocycles. The van der Waals surface area contributed by atoms with E-state index in [1.807, 2.05) is 27.7 Å². The molecule has 1 aliphatic carbocycles. The lowest BCUT2D eigenvalue weighted by Gasteiger charge is -2.32. The van der Waals surface area contributed by atoms with E-state index in [4.69, 9.17) is 4.74 Å². The van der Waals surface area contributed by atoms with Gasteiger partial charge >= 0.3 is 6.09 Å². The van der Waals surface area contributed by atoms with Gasteiger partial charge in [0.2, 0.25) is 0 Å². The molecule has 0 saturated carbocycles. The molecule has 1 aromatic rings. The number of aryl methyl sites for hydroxylation is 1. The molecule has 0 unspecified atom stereocenters. The zero-order valence-corrected chi connectivity index (χ0v) is 16.6. The van der Waals surface area contributed by atoms with Crippen molar-refractivity contribution in [1.82, 2.24) is 15.2 Å². The lowest BCUT2D eigenvalue weighted by Crippen LogP contribution is -2.47. The van der Waals surface area contributed by atoms with Gasteiger partial charge in [-0.15, -0.1) is 0 Å². The summed E-state index contributed by atoms with van der Waals surface area (Å²) < 4.78 is 5.29. The van der Waals surface area contributed by atoms with Gasteiger partial charge in [-0.1, -0.05) is 0 Å². The molecule has 2 heterocycles. The molecule has 0 radical (unpaired) electrons. The lowest BCUT2D eigenvalue weighted by molar-refractivity contribution is 0.0473. The third kappa shape index (κ3) is 4.34. The van der Waals surface area contributed by atoms with Gasteiger partial charge in [0.25, 0.3) is 5.91 Å². The third-order valence-electron chi connectivity index (χ3n) is 5.15. The van der Waals surface area contributed by atoms with Gasteiger partial charge in [0.05, 0.1) is 0 Å². The van der Waals surface area contributed by atoms with Gasteiger partial charge in [-0.3, -0.25) is 9.59 Å². The quantitative estimate of drug-likeness (QED) is 0.831. The lowest BCUT2D eigenvalue weighted by atomic mass is 9.93. The van der Waals surface area contributed by atoms with Gasteiger partial charge in [-0.2, -0.15) is 0 Å². The van der Waals surface area contributed by atoms with Crippen LogP contribution in [0.15, 0.2) is 0 Å². The Morgan fingerprint density at radius 1 is 1.19 bits per heavy atom. The number of rotatable bonds is 2. The summed E-state index contributed by atoms with van der Waals surface area (Å²) in [7, 11) is 0. The Balaban J connectivity index is 1.59. The number of likely N-dealkylation sites (tertiary alicyclic amines) is 1. The normalized spacial score (nSPS) is 18.2. The Bertz CT molecular complexity index is 752. The van der Waals surface area contributed by atoms with Crippen LogP contribution in [0.4, 0.5) is 4.79 Å². The monoisotopic (exact) mass is 375 g/mol. The Kier molecular flexibility index (Phi) is 5.31. The van der Waals surface area contributed by atoms with E-state index in [9.17, 15) is 14.4 Å². The molecule has 1 saturated heterocycles. The first-order valence-electron chi connectivity index (χ1n) is 9.69. The molecule has 2 N–H and O–H groups in total. The van der Waals surface area contributed by atoms with Gasteiger partial charge in [0.15, 0.2) is 5.78 Å². The topological polar surface area (TPSA) is 91.5 Å². The summed E-state index contributed by atoms with van der Waals surface area (Å²) in [6, 6.07) is 0.00317. The van der Waals surface area contributed by atoms with Crippen molar-refractivity contribution in [2.75, 3.05) is 13.1 Å². The maximum atomic E-state index is 12.9. The first-order valence-corrected chi connectivity index (χ1v) is 9.69. The minimum atomic E-state index is -0.525. The van der Waals surface area contributed by atoms with Crippen molar-refractivity contribution in [2.45, 2.75) is 71.4 Å². The number of aromatic nitrogens is 1. The zero-order valence-electron chi connectivity index (χ0n) is 16.6. The predicted octanol–water partition coefficient (Wildman–Crippen LogP) is 2.97. The molecule has 3 rings (SSSR count). The standard InChI is InChI=1S/C20H29N3O4/c1-12-16-14(6-5-7-15(16)24)22-17(12)18(25)23-10-8-13(9-11-23)21-19(26)27-20(2,3)4/h13,22H,5-11H2,1-4H3,(H,21,26). The molecule has 0 bridgehead atoms. The summed E-state index contributed by atoms with van der Waals surface area (Å²) in [5.41, 5.74) is 2.39. The fourth-order valence-electron chi connectivity index (χ4n) is 3.85. The first-order chi connectivity index (χ1) is 12.7. The number of nitrogens with zero attached hydrogens (tertiary/aromatic N) is 1. The van der Waals surface area contributed by atoms with Crippen molar-refractivity contribution in [3.05, 3.63) is 22.5 Å². The van der Waals surface area contributed by atoms with E-state index < -0.39 is 11.7 Å². The van der Waals surface area contributed by atoms with Crippen LogP contribution in [0, 0.1) is 6.92 Å². The van der Waals surface area contributed by atoms with E-state index >= 15 is 0 Å². The molecule has 0 aromatic carbocycles. The summed E-state index contributed by atoms with van der Waals surface area (Å²) in [6.45, 7) is 8.47. The molecule has 27 heavy (non-hydrogen) atoms. The number of nitrogens with one attached hydrogen (secondary N) is 2. The van der Waals surface area contributed by atoms with Crippen molar-refractivity contribution >= 4 is 17.8 Å². The van der Waals surface area contributed by atoms with Crippen LogP contribution in [-0.4, -0.2) is 52.4 Å². The van der Waals surface area contributed by atoms with Crippen LogP contribution in [0.1, 0.15) is 78.6 Å². The molecule has 1 aliphatic heterocycles. The zero-order chi connectivity index (χ0) is 19.8. The number of piperidine rings is 1. The van der Waals surface area contributed by atoms with E-state index in [2.05, 4.69) is 10.3 Å². The van der Waals surface area contributed by atoms with Crippen molar-refractivity contribution in [1.29, 1.82) is 0 Å². The molecule has 1 fully saturated rings. The average Bonchev–Trinajstić information content (AvgIpc) is 2.91. The molecule has 0 atom stereocenters. The van der Waals surface area contributed by atoms with Gasteiger partial charge in [-0.05, 0) is 58.9 Å². The minimum Gasteiger partial charge on any atom is -0.444 e. The molecule has 2 amide bonds. The number of H-pyrrole nitrogens is 1. The van der Waals surface area contributed by atoms with E-state index in [0.717, 1.165) is 24.1 Å². The maximum Gasteiger partial charge on any atom is 0.407 e. The van der Waals surface area contributed by atoms with Gasteiger partial charge in [0.1, 0.15) is 11.3 Å². The Morgan fingerprint density at radius 3 is 2.44 bits per heavy atom. The molecule has 7 nitrogen and oxygen atoms in total. The van der Waals surface area contributed by atoms with E-state index in [-0.39, 0.29) is 17.7 Å². The molecule has 0 spiro atoms. The van der Waals surface area contributed by atoms with Crippen LogP contribution in [0.5, 0.6) is 0 Å². The number of Topliss-reactive ketones (excluding diaryl/α,β-unsaturated/α-hetero) is 1. The van der Waals surface area contributed by atoms with Gasteiger partial charge in [-0.25, -0.2) is 4.79 Å². The van der Waals surface area contributed by atoms with Crippen molar-refractivity contribution in [3.63, 3.8) is 0 Å². The van der Waals surface area contributed by atoms with E-state index in [1.54, 1.807) is 4.90 Å². The molecular formula is C20H29N3O4. The summed E-state index contributed by atoms with van der Waals surface area (Å²) in [5, 5.41) is 2.88. The van der Waals surface area contributed by atoms with Crippen LogP contribution in [0.3, 0.4) is 0 Å². The first kappa shape index (κ1) is 19.5. The highest BCUT2D eigenvalue weighted by molar-refractivity contribution is 6.04. The minimum absolute atomic E-state index is 0.00317. The highest BCUT2D eigenvalue weighted by Gasteiger charge is 2.31. The fraction of sp³-hybridized carbons (Fsp3) is 0.650. The predicted molar refractivity (Wildman–Crippen MR) is 101 cm³/mol. The second kappa shape index (κ2) is 7.37. The summed E-state index contributed by atoms with van der Waals surface area (Å²) in [6.07, 6.45) is 3.16. The van der Waals surface area contributed by atoms with Crippen molar-refractivity contribution < 1.29 is 19.1 Å². The number of fused-ring (bicyclic) bond motifs is 1. The van der Waals surface area contributed by atoms with Crippen LogP contribution in [0.2, 0.25) is 0 Å². The fourth-order valence-corrected chi connectivity index (χ4v) is 3.85. The third-order valence-corrected chi connectivity index (χ3v) is 5.15. The van der Waals surface area contributed by atoms with E-state index in [0.29, 0.717) is 43.6 Å². The van der Waals surface area contributed by atoms with Crippen LogP contribution >= 0.6 is 0 Å². The number of amides is 2. The number of hydrogen-bond donors (Lipinski definition) is 2. The second-order valence-electron chi connectivity index (χ2n) is 8.47. The van der Waals surface area contributed by atoms with Crippen LogP contribution in [-0.2, 0) is 11.2 Å². The number of carbonyl (C=O) groups excluding carboxylic acids is 3. The Morgan fingerprint density at radius 2 is 1.85 bits per heavy atom.